The summed E-state index contributed by atoms with van der Waals surface area (Å²) in [5, 5.41) is 7.11. The predicted octanol–water partition coefficient (Wildman–Crippen LogP) is -3.07. The Hall–Kier alpha value is -3.09. The van der Waals surface area contributed by atoms with Gasteiger partial charge in [-0.1, -0.05) is 0 Å². The van der Waals surface area contributed by atoms with Crippen molar-refractivity contribution in [3.8, 4) is 0 Å². The van der Waals surface area contributed by atoms with Crippen LogP contribution in [0.25, 0.3) is 0 Å². The first kappa shape index (κ1) is 23.0. The van der Waals surface area contributed by atoms with Crippen molar-refractivity contribution in [2.45, 2.75) is 12.5 Å². The molecule has 0 aliphatic rings. The maximum atomic E-state index is 12.5. The van der Waals surface area contributed by atoms with Crippen LogP contribution in [0.15, 0.2) is 12.5 Å². The van der Waals surface area contributed by atoms with Crippen LogP contribution in [0.5, 0.6) is 0 Å². The average Bonchev–Trinajstić information content (AvgIpc) is 3.16. The fourth-order valence-corrected chi connectivity index (χ4v) is 2.70. The topological polar surface area (TPSA) is 179 Å². The van der Waals surface area contributed by atoms with E-state index in [4.69, 9.17) is 5.73 Å². The minimum absolute atomic E-state index is 0.0999. The van der Waals surface area contributed by atoms with E-state index in [1.54, 1.807) is 6.26 Å². The van der Waals surface area contributed by atoms with Crippen LogP contribution in [0.3, 0.4) is 0 Å². The molecule has 1 aromatic heterocycles. The molecule has 0 saturated heterocycles. The van der Waals surface area contributed by atoms with Gasteiger partial charge < -0.3 is 31.6 Å². The van der Waals surface area contributed by atoms with Gasteiger partial charge in [0.25, 0.3) is 0 Å². The van der Waals surface area contributed by atoms with Crippen molar-refractivity contribution in [3.05, 3.63) is 18.2 Å². The van der Waals surface area contributed by atoms with E-state index < -0.39 is 29.7 Å². The fraction of sp³-hybridized carbons (Fsp3) is 0.467. The molecule has 0 aromatic carbocycles. The average molecular weight is 413 g/mol. The highest BCUT2D eigenvalue weighted by atomic mass is 32.2. The van der Waals surface area contributed by atoms with Gasteiger partial charge in [-0.15, -0.1) is 11.8 Å². The van der Waals surface area contributed by atoms with Crippen molar-refractivity contribution in [2.75, 3.05) is 31.8 Å². The number of H-pyrrole nitrogens is 1. The van der Waals surface area contributed by atoms with Crippen LogP contribution in [0.2, 0.25) is 0 Å². The summed E-state index contributed by atoms with van der Waals surface area (Å²) in [7, 11) is 0. The molecule has 0 aliphatic carbocycles. The maximum Gasteiger partial charge on any atom is 0.243 e. The Morgan fingerprint density at radius 1 is 1.36 bits per heavy atom. The zero-order valence-corrected chi connectivity index (χ0v) is 16.1. The van der Waals surface area contributed by atoms with E-state index in [0.29, 0.717) is 12.1 Å². The first-order chi connectivity index (χ1) is 13.4. The van der Waals surface area contributed by atoms with Crippen molar-refractivity contribution < 1.29 is 24.0 Å². The van der Waals surface area contributed by atoms with Crippen LogP contribution >= 0.6 is 11.8 Å². The zero-order valence-electron chi connectivity index (χ0n) is 15.3. The van der Waals surface area contributed by atoms with Crippen LogP contribution in [-0.4, -0.2) is 82.7 Å². The fourth-order valence-electron chi connectivity index (χ4n) is 2.15. The number of aromatic nitrogens is 2. The summed E-state index contributed by atoms with van der Waals surface area (Å²) < 4.78 is 0. The lowest BCUT2D eigenvalue weighted by Crippen LogP contribution is -2.52. The van der Waals surface area contributed by atoms with Crippen LogP contribution in [0, 0.1) is 0 Å². The Morgan fingerprint density at radius 2 is 2.11 bits per heavy atom. The van der Waals surface area contributed by atoms with Gasteiger partial charge in [0.1, 0.15) is 12.6 Å². The molecule has 0 fully saturated rings. The Kier molecular flexibility index (Phi) is 10.1. The van der Waals surface area contributed by atoms with Gasteiger partial charge in [-0.05, 0) is 6.26 Å². The van der Waals surface area contributed by atoms with E-state index in [0.717, 1.165) is 0 Å². The number of carbonyl (C=O) groups excluding carboxylic acids is 5. The first-order valence-electron chi connectivity index (χ1n) is 8.13. The maximum absolute atomic E-state index is 12.5. The number of hydrogen-bond acceptors (Lipinski definition) is 7. The van der Waals surface area contributed by atoms with Gasteiger partial charge in [0.2, 0.25) is 30.0 Å². The molecule has 1 rings (SSSR count). The molecule has 0 radical (unpaired) electrons. The zero-order chi connectivity index (χ0) is 20.9. The third-order valence-electron chi connectivity index (χ3n) is 3.37. The molecule has 1 aromatic rings. The molecule has 28 heavy (non-hydrogen) atoms. The first-order valence-corrected chi connectivity index (χ1v) is 9.53. The molecule has 12 nitrogen and oxygen atoms in total. The van der Waals surface area contributed by atoms with Crippen molar-refractivity contribution in [1.29, 1.82) is 0 Å². The lowest BCUT2D eigenvalue weighted by atomic mass is 10.1. The summed E-state index contributed by atoms with van der Waals surface area (Å²) in [5.41, 5.74) is 5.71. The molecular formula is C15H23N7O5S. The molecule has 0 aliphatic heterocycles. The number of aromatic amines is 1. The van der Waals surface area contributed by atoms with Gasteiger partial charge >= 0.3 is 0 Å². The van der Waals surface area contributed by atoms with Crippen LogP contribution < -0.4 is 21.7 Å². The number of primary amides is 1. The van der Waals surface area contributed by atoms with Crippen LogP contribution in [0.1, 0.15) is 5.69 Å². The quantitative estimate of drug-likeness (QED) is 0.168. The number of amides is 5. The van der Waals surface area contributed by atoms with Gasteiger partial charge in [-0.2, -0.15) is 0 Å². The van der Waals surface area contributed by atoms with Crippen molar-refractivity contribution >= 4 is 41.8 Å². The van der Waals surface area contributed by atoms with E-state index in [2.05, 4.69) is 25.9 Å². The highest BCUT2D eigenvalue weighted by Crippen LogP contribution is 2.01. The third kappa shape index (κ3) is 8.53. The standard InChI is InChI=1S/C15H23N7O5S/c1-28-9-22(6-12(16)24)14(26)5-19-15(27)11(2-10-3-17-7-20-10)21-13(25)4-18-8-23/h3,7-8,11H,2,4-6,9H2,1H3,(H2,16,24)(H,17,20)(H,18,23)(H,19,27)(H,21,25)/t11-/m0/s1. The highest BCUT2D eigenvalue weighted by molar-refractivity contribution is 7.98. The number of carbonyl (C=O) groups is 5. The number of thioether (sulfide) groups is 1. The second-order valence-corrected chi connectivity index (χ2v) is 6.43. The summed E-state index contributed by atoms with van der Waals surface area (Å²) in [5.74, 6) is -2.10. The number of nitrogens with two attached hydrogens (primary N) is 1. The van der Waals surface area contributed by atoms with Crippen molar-refractivity contribution in [3.63, 3.8) is 0 Å². The van der Waals surface area contributed by atoms with Gasteiger partial charge in [-0.25, -0.2) is 4.98 Å². The van der Waals surface area contributed by atoms with E-state index >= 15 is 0 Å². The molecule has 6 N–H and O–H groups in total. The summed E-state index contributed by atoms with van der Waals surface area (Å²) in [6, 6.07) is -1.00. The lowest BCUT2D eigenvalue weighted by Gasteiger charge is -2.22. The predicted molar refractivity (Wildman–Crippen MR) is 101 cm³/mol. The van der Waals surface area contributed by atoms with Gasteiger partial charge in [0.05, 0.1) is 25.3 Å². The highest BCUT2D eigenvalue weighted by Gasteiger charge is 2.23. The molecular weight excluding hydrogens is 390 g/mol. The molecule has 1 atom stereocenters. The van der Waals surface area contributed by atoms with E-state index in [1.807, 2.05) is 0 Å². The number of hydrogen-bond donors (Lipinski definition) is 5. The second kappa shape index (κ2) is 12.3. The summed E-state index contributed by atoms with van der Waals surface area (Å²) in [4.78, 5) is 65.7. The molecule has 0 spiro atoms. The minimum Gasteiger partial charge on any atom is -0.368 e. The van der Waals surface area contributed by atoms with Crippen molar-refractivity contribution in [2.24, 2.45) is 5.73 Å². The van der Waals surface area contributed by atoms with Gasteiger partial charge in [0, 0.05) is 18.3 Å². The summed E-state index contributed by atoms with van der Waals surface area (Å²) in [6.45, 7) is -0.925. The summed E-state index contributed by atoms with van der Waals surface area (Å²) >= 11 is 1.32. The molecule has 154 valence electrons. The Balaban J connectivity index is 2.70. The molecule has 0 bridgehead atoms. The van der Waals surface area contributed by atoms with E-state index in [-0.39, 0.29) is 31.9 Å². The smallest absolute Gasteiger partial charge is 0.243 e. The molecule has 0 unspecified atom stereocenters. The van der Waals surface area contributed by atoms with Gasteiger partial charge in [0.15, 0.2) is 0 Å². The van der Waals surface area contributed by atoms with Crippen LogP contribution in [-0.2, 0) is 30.4 Å². The second-order valence-electron chi connectivity index (χ2n) is 5.59. The molecule has 5 amide bonds. The number of imidazole rings is 1. The lowest BCUT2D eigenvalue weighted by molar-refractivity contribution is -0.135. The number of nitrogens with one attached hydrogen (secondary N) is 4. The monoisotopic (exact) mass is 413 g/mol. The summed E-state index contributed by atoms with van der Waals surface area (Å²) in [6.07, 6.45) is 5.13. The molecule has 0 saturated carbocycles. The van der Waals surface area contributed by atoms with Crippen molar-refractivity contribution in [1.82, 2.24) is 30.8 Å². The normalized spacial score (nSPS) is 11.2. The Bertz CT molecular complexity index is 682. The SMILES string of the molecule is CSCN(CC(N)=O)C(=O)CNC(=O)[C@H](Cc1cnc[nH]1)NC(=O)CNC=O. The largest absolute Gasteiger partial charge is 0.368 e. The van der Waals surface area contributed by atoms with Gasteiger partial charge in [-0.3, -0.25) is 24.0 Å². The van der Waals surface area contributed by atoms with E-state index in [1.165, 1.54) is 29.2 Å². The molecule has 13 heteroatoms. The molecule has 1 heterocycles. The Labute approximate surface area is 165 Å². The minimum atomic E-state index is -1.00. The van der Waals surface area contributed by atoms with E-state index in [9.17, 15) is 24.0 Å². The Morgan fingerprint density at radius 3 is 2.68 bits per heavy atom. The third-order valence-corrected chi connectivity index (χ3v) is 3.94. The van der Waals surface area contributed by atoms with Crippen LogP contribution in [0.4, 0.5) is 0 Å². The number of rotatable bonds is 13. The number of nitrogens with zero attached hydrogens (tertiary/aromatic N) is 2.